The summed E-state index contributed by atoms with van der Waals surface area (Å²) in [6.45, 7) is 5.32. The van der Waals surface area contributed by atoms with E-state index in [1.54, 1.807) is 6.92 Å². The topological polar surface area (TPSA) is 326 Å². The molecule has 1 fully saturated rings. The summed E-state index contributed by atoms with van der Waals surface area (Å²) < 4.78 is 142. The van der Waals surface area contributed by atoms with Crippen LogP contribution in [0.1, 0.15) is 291 Å². The summed E-state index contributed by atoms with van der Waals surface area (Å²) in [5.41, 5.74) is -1.17. The molecule has 0 aliphatic carbocycles. The Kier molecular flexibility index (Phi) is 65.3. The Labute approximate surface area is 622 Å². The molecule has 28 heteroatoms. The normalized spacial score (nSPS) is 17.9. The number of unbranched alkanes of at least 4 members (excludes halogenated alkanes) is 38. The van der Waals surface area contributed by atoms with Crippen LogP contribution in [0.25, 0.3) is 0 Å². The van der Waals surface area contributed by atoms with Gasteiger partial charge in [0.1, 0.15) is 30.4 Å². The van der Waals surface area contributed by atoms with Crippen molar-refractivity contribution in [2.45, 2.75) is 327 Å². The molecule has 1 heterocycles. The van der Waals surface area contributed by atoms with Gasteiger partial charge in [-0.15, -0.1) is 0 Å². The minimum absolute atomic E-state index is 0. The minimum Gasteiger partial charge on any atom is -0.726 e. The van der Waals surface area contributed by atoms with Gasteiger partial charge in [0.05, 0.1) is 32.5 Å². The second kappa shape index (κ2) is 59.4. The van der Waals surface area contributed by atoms with Crippen LogP contribution in [0.3, 0.4) is 0 Å². The van der Waals surface area contributed by atoms with E-state index in [0.29, 0.717) is 13.2 Å². The quantitative estimate of drug-likeness (QED) is 0.0318. The van der Waals surface area contributed by atoms with E-state index < -0.39 is 104 Å². The third-order valence-electron chi connectivity index (χ3n) is 15.6. The van der Waals surface area contributed by atoms with E-state index >= 15 is 0 Å². The predicted molar refractivity (Wildman–Crippen MR) is 317 cm³/mol. The van der Waals surface area contributed by atoms with Gasteiger partial charge < -0.3 is 52.9 Å². The molecule has 0 saturated carbocycles. The van der Waals surface area contributed by atoms with Crippen molar-refractivity contribution in [2.24, 2.45) is 5.41 Å². The first kappa shape index (κ1) is 96.7. The molecule has 0 aromatic heterocycles. The van der Waals surface area contributed by atoms with Gasteiger partial charge in [0.25, 0.3) is 0 Å². The van der Waals surface area contributed by atoms with Crippen LogP contribution < -0.4 is 129 Å². The van der Waals surface area contributed by atoms with Crippen LogP contribution in [0.5, 0.6) is 0 Å². The third kappa shape index (κ3) is 54.4. The van der Waals surface area contributed by atoms with Crippen LogP contribution in [-0.2, 0) is 72.3 Å². The van der Waals surface area contributed by atoms with E-state index in [2.05, 4.69) is 31.7 Å². The fourth-order valence-corrected chi connectivity index (χ4v) is 12.1. The third-order valence-corrected chi connectivity index (χ3v) is 17.0. The van der Waals surface area contributed by atoms with Crippen LogP contribution in [0.4, 0.5) is 0 Å². The fourth-order valence-electron chi connectivity index (χ4n) is 10.8. The molecule has 0 aromatic carbocycles. The van der Waals surface area contributed by atoms with Crippen molar-refractivity contribution in [2.75, 3.05) is 39.6 Å². The van der Waals surface area contributed by atoms with Crippen molar-refractivity contribution < 1.29 is 208 Å². The number of carboxylic acid groups (broad SMARTS) is 1. The number of nitrogens with one attached hydrogen (secondary N) is 1. The number of aliphatic hydroxyl groups is 1. The zero-order valence-electron chi connectivity index (χ0n) is 56.0. The standard InChI is InChI=1S/C60H117NO20S3.4Na/c1-5-7-9-11-13-15-17-19-21-23-25-27-29-31-33-35-37-39-41-43-45-75-49-59(4,50-76-46-44-42-40-38-36-34-32-30-28-26-24-22-20-18-16-14-12-10-8-6-2)51-77-60(58(64)65)47-53(80-83(69,70)71)55(61-52(3)62)57(79-60)56(63)54(81-84(72,73)74)48-78-82(66,67)68;;;;/h53-57,63H,5-51H2,1-4H3,(H,61,62)(H,64,65)(H,66,67,68)(H,69,70,71)(H,72,73,74);;;;/q;4*+1/p-4/t53-,54+,55+,56+,57+,60+;;;;/m0..../s1. The molecular weight excluding hydrogens is 1240 g/mol. The molecule has 1 aliphatic heterocycles. The maximum Gasteiger partial charge on any atom is 1.00 e. The first-order valence-electron chi connectivity index (χ1n) is 32.5. The first-order valence-corrected chi connectivity index (χ1v) is 36.5. The average Bonchev–Trinajstić information content (AvgIpc) is 1.64. The predicted octanol–water partition coefficient (Wildman–Crippen LogP) is -1.03. The number of hydrogen-bond donors (Lipinski definition) is 2. The average molecular weight is 1360 g/mol. The second-order valence-electron chi connectivity index (χ2n) is 24.0. The molecule has 1 amide bonds. The Morgan fingerprint density at radius 2 is 0.852 bits per heavy atom. The number of carboxylic acids is 1. The molecule has 1 rings (SSSR count). The Hall–Kier alpha value is 2.35. The molecular formula is C60H113NNa4O20S3. The zero-order chi connectivity index (χ0) is 62.4. The smallest absolute Gasteiger partial charge is 0.726 e. The van der Waals surface area contributed by atoms with Gasteiger partial charge in [0.2, 0.25) is 42.9 Å². The number of aliphatic carboxylic acids is 1. The Morgan fingerprint density at radius 3 is 1.12 bits per heavy atom. The Bertz CT molecular complexity index is 1960. The Balaban J connectivity index is -0.00000882. The molecule has 0 spiro atoms. The molecule has 1 saturated heterocycles. The number of aliphatic hydroxyl groups excluding tert-OH is 1. The van der Waals surface area contributed by atoms with E-state index in [1.165, 1.54) is 193 Å². The van der Waals surface area contributed by atoms with Crippen molar-refractivity contribution in [3.05, 3.63) is 0 Å². The van der Waals surface area contributed by atoms with Crippen LogP contribution in [0, 0.1) is 5.41 Å². The van der Waals surface area contributed by atoms with Gasteiger partial charge >= 0.3 is 118 Å². The summed E-state index contributed by atoms with van der Waals surface area (Å²) in [4.78, 5) is 25.6. The van der Waals surface area contributed by atoms with Crippen molar-refractivity contribution in [3.63, 3.8) is 0 Å². The molecule has 0 bridgehead atoms. The SMILES string of the molecule is CCCCCCCCCCCCCCCCCCCCCCOCC(C)(COCCCCCCCCCCCCCCCCCCCCCC)CO[C@]1(C(=O)[O-])C[C@H](OS(=O)(=O)[O-])[C@@H](NC(C)=O)[C@H]([C@H](O)[C@@H](COS(=O)(=O)[O-])OS(=O)(=O)[O-])O1.[Na+].[Na+].[Na+].[Na+]. The van der Waals surface area contributed by atoms with Crippen molar-refractivity contribution in [1.29, 1.82) is 0 Å². The van der Waals surface area contributed by atoms with E-state index in [1.807, 2.05) is 0 Å². The fraction of sp³-hybridized carbons (Fsp3) is 0.967. The molecule has 0 aromatic rings. The molecule has 6 atom stereocenters. The van der Waals surface area contributed by atoms with E-state index in [9.17, 15) is 58.7 Å². The Morgan fingerprint density at radius 1 is 0.534 bits per heavy atom. The van der Waals surface area contributed by atoms with E-state index in [-0.39, 0.29) is 131 Å². The maximum atomic E-state index is 13.2. The van der Waals surface area contributed by atoms with Crippen LogP contribution in [0.2, 0.25) is 0 Å². The number of hydrogen-bond acceptors (Lipinski definition) is 20. The molecule has 2 N–H and O–H groups in total. The number of ether oxygens (including phenoxy) is 4. The summed E-state index contributed by atoms with van der Waals surface area (Å²) in [5.74, 6) is -6.44. The molecule has 1 aliphatic rings. The summed E-state index contributed by atoms with van der Waals surface area (Å²) >= 11 is 0. The maximum absolute atomic E-state index is 13.2. The number of amides is 1. The van der Waals surface area contributed by atoms with Gasteiger partial charge in [-0.2, -0.15) is 0 Å². The van der Waals surface area contributed by atoms with Gasteiger partial charge in [-0.25, -0.2) is 25.3 Å². The van der Waals surface area contributed by atoms with E-state index in [4.69, 9.17) is 18.9 Å². The van der Waals surface area contributed by atoms with Gasteiger partial charge in [0, 0.05) is 32.0 Å². The second-order valence-corrected chi connectivity index (χ2v) is 27.0. The molecule has 21 nitrogen and oxygen atoms in total. The largest absolute Gasteiger partial charge is 1.00 e. The van der Waals surface area contributed by atoms with Gasteiger partial charge in [0.15, 0.2) is 0 Å². The molecule has 0 unspecified atom stereocenters. The zero-order valence-corrected chi connectivity index (χ0v) is 66.5. The summed E-state index contributed by atoms with van der Waals surface area (Å²) in [7, 11) is -17.3. The van der Waals surface area contributed by atoms with Gasteiger partial charge in [-0.1, -0.05) is 265 Å². The van der Waals surface area contributed by atoms with Gasteiger partial charge in [-0.05, 0) is 12.8 Å². The summed E-state index contributed by atoms with van der Waals surface area (Å²) in [5, 5.41) is 26.7. The molecule has 0 radical (unpaired) electrons. The van der Waals surface area contributed by atoms with Crippen molar-refractivity contribution in [1.82, 2.24) is 5.32 Å². The molecule has 88 heavy (non-hydrogen) atoms. The number of carbonyl (C=O) groups excluding carboxylic acids is 2. The summed E-state index contributed by atoms with van der Waals surface area (Å²) in [6, 6.07) is -2.09. The molecule has 500 valence electrons. The van der Waals surface area contributed by atoms with Crippen LogP contribution >= 0.6 is 0 Å². The van der Waals surface area contributed by atoms with Gasteiger partial charge in [-0.3, -0.25) is 17.3 Å². The number of rotatable bonds is 60. The van der Waals surface area contributed by atoms with Crippen LogP contribution in [0.15, 0.2) is 0 Å². The van der Waals surface area contributed by atoms with Crippen molar-refractivity contribution >= 4 is 43.1 Å². The first-order chi connectivity index (χ1) is 40.0. The van der Waals surface area contributed by atoms with E-state index in [0.717, 1.165) is 71.1 Å². The van der Waals surface area contributed by atoms with Crippen LogP contribution in [-0.4, -0.2) is 132 Å². The summed E-state index contributed by atoms with van der Waals surface area (Å²) in [6.07, 6.45) is 38.0. The minimum atomic E-state index is -5.89. The number of carbonyl (C=O) groups is 2. The monoisotopic (exact) mass is 1360 g/mol. The van der Waals surface area contributed by atoms with Crippen molar-refractivity contribution in [3.8, 4) is 0 Å².